The van der Waals surface area contributed by atoms with Crippen molar-refractivity contribution < 1.29 is 4.79 Å². The standard InChI is InChI=1S/C10H11IN2O/c1-7(14)13-4-2-3-8-5-9(11)6-12-10(8)13/h5-6H,2-4H2,1H3. The maximum absolute atomic E-state index is 11.3. The number of hydrogen-bond donors (Lipinski definition) is 0. The Labute approximate surface area is 96.7 Å². The van der Waals surface area contributed by atoms with Gasteiger partial charge in [-0.2, -0.15) is 0 Å². The van der Waals surface area contributed by atoms with E-state index in [9.17, 15) is 4.79 Å². The van der Waals surface area contributed by atoms with Gasteiger partial charge in [-0.1, -0.05) is 0 Å². The second-order valence-electron chi connectivity index (χ2n) is 3.41. The van der Waals surface area contributed by atoms with Gasteiger partial charge in [-0.25, -0.2) is 4.98 Å². The van der Waals surface area contributed by atoms with Crippen LogP contribution in [-0.2, 0) is 11.2 Å². The van der Waals surface area contributed by atoms with Crippen molar-refractivity contribution in [1.29, 1.82) is 0 Å². The van der Waals surface area contributed by atoms with E-state index in [1.54, 1.807) is 18.0 Å². The van der Waals surface area contributed by atoms with Gasteiger partial charge in [0.25, 0.3) is 0 Å². The van der Waals surface area contributed by atoms with Crippen LogP contribution in [0.25, 0.3) is 0 Å². The number of halogens is 1. The molecule has 1 aliphatic heterocycles. The van der Waals surface area contributed by atoms with E-state index in [2.05, 4.69) is 33.6 Å². The third-order valence-corrected chi connectivity index (χ3v) is 2.96. The van der Waals surface area contributed by atoms with Crippen LogP contribution in [0.2, 0.25) is 0 Å². The van der Waals surface area contributed by atoms with E-state index in [1.165, 1.54) is 5.56 Å². The topological polar surface area (TPSA) is 33.2 Å². The minimum Gasteiger partial charge on any atom is -0.297 e. The van der Waals surface area contributed by atoms with Crippen molar-refractivity contribution in [3.05, 3.63) is 21.4 Å². The summed E-state index contributed by atoms with van der Waals surface area (Å²) in [4.78, 5) is 17.4. The lowest BCUT2D eigenvalue weighted by atomic mass is 10.1. The Morgan fingerprint density at radius 2 is 2.43 bits per heavy atom. The highest BCUT2D eigenvalue weighted by molar-refractivity contribution is 14.1. The molecule has 0 radical (unpaired) electrons. The van der Waals surface area contributed by atoms with Crippen molar-refractivity contribution in [1.82, 2.24) is 4.98 Å². The van der Waals surface area contributed by atoms with Crippen LogP contribution in [0.4, 0.5) is 5.82 Å². The Balaban J connectivity index is 2.44. The summed E-state index contributed by atoms with van der Waals surface area (Å²) in [6.45, 7) is 2.39. The summed E-state index contributed by atoms with van der Waals surface area (Å²) in [6.07, 6.45) is 3.87. The first-order valence-electron chi connectivity index (χ1n) is 4.61. The number of pyridine rings is 1. The molecular formula is C10H11IN2O. The summed E-state index contributed by atoms with van der Waals surface area (Å²) < 4.78 is 1.13. The van der Waals surface area contributed by atoms with Crippen molar-refractivity contribution in [2.75, 3.05) is 11.4 Å². The van der Waals surface area contributed by atoms with Crippen LogP contribution in [0.15, 0.2) is 12.3 Å². The van der Waals surface area contributed by atoms with Gasteiger partial charge < -0.3 is 0 Å². The molecule has 1 amide bonds. The second kappa shape index (κ2) is 3.84. The van der Waals surface area contributed by atoms with Crippen molar-refractivity contribution in [2.24, 2.45) is 0 Å². The number of anilines is 1. The molecule has 0 unspecified atom stereocenters. The van der Waals surface area contributed by atoms with E-state index in [0.29, 0.717) is 0 Å². The van der Waals surface area contributed by atoms with Crippen LogP contribution in [0, 0.1) is 3.57 Å². The number of fused-ring (bicyclic) bond motifs is 1. The smallest absolute Gasteiger partial charge is 0.225 e. The number of carbonyl (C=O) groups excluding carboxylic acids is 1. The van der Waals surface area contributed by atoms with E-state index in [4.69, 9.17) is 0 Å². The molecule has 0 aromatic carbocycles. The number of aryl methyl sites for hydroxylation is 1. The third-order valence-electron chi connectivity index (χ3n) is 2.37. The van der Waals surface area contributed by atoms with Crippen LogP contribution in [0.5, 0.6) is 0 Å². The van der Waals surface area contributed by atoms with E-state index in [-0.39, 0.29) is 5.91 Å². The number of hydrogen-bond acceptors (Lipinski definition) is 2. The first-order chi connectivity index (χ1) is 6.68. The second-order valence-corrected chi connectivity index (χ2v) is 4.66. The minimum absolute atomic E-state index is 0.0830. The fourth-order valence-electron chi connectivity index (χ4n) is 1.74. The molecule has 2 heterocycles. The lowest BCUT2D eigenvalue weighted by Crippen LogP contribution is -2.34. The molecule has 3 nitrogen and oxygen atoms in total. The van der Waals surface area contributed by atoms with Gasteiger partial charge in [0.15, 0.2) is 0 Å². The number of aromatic nitrogens is 1. The Hall–Kier alpha value is -0.650. The molecule has 4 heteroatoms. The summed E-state index contributed by atoms with van der Waals surface area (Å²) in [5.74, 6) is 0.934. The molecule has 2 rings (SSSR count). The lowest BCUT2D eigenvalue weighted by Gasteiger charge is -2.27. The van der Waals surface area contributed by atoms with E-state index in [0.717, 1.165) is 28.8 Å². The van der Waals surface area contributed by atoms with Crippen LogP contribution in [0.1, 0.15) is 18.9 Å². The van der Waals surface area contributed by atoms with Crippen LogP contribution < -0.4 is 4.90 Å². The number of amides is 1. The molecule has 1 aromatic rings. The molecule has 0 N–H and O–H groups in total. The van der Waals surface area contributed by atoms with Gasteiger partial charge in [-0.3, -0.25) is 9.69 Å². The van der Waals surface area contributed by atoms with Gasteiger partial charge in [0.2, 0.25) is 5.91 Å². The van der Waals surface area contributed by atoms with Crippen molar-refractivity contribution in [3.8, 4) is 0 Å². The summed E-state index contributed by atoms with van der Waals surface area (Å²) in [5, 5.41) is 0. The molecule has 0 saturated carbocycles. The van der Waals surface area contributed by atoms with Gasteiger partial charge in [-0.15, -0.1) is 0 Å². The van der Waals surface area contributed by atoms with Crippen molar-refractivity contribution in [3.63, 3.8) is 0 Å². The normalized spacial score (nSPS) is 15.1. The highest BCUT2D eigenvalue weighted by atomic mass is 127. The fourth-order valence-corrected chi connectivity index (χ4v) is 2.26. The Bertz CT molecular complexity index is 378. The highest BCUT2D eigenvalue weighted by Crippen LogP contribution is 2.25. The van der Waals surface area contributed by atoms with Gasteiger partial charge in [0, 0.05) is 23.2 Å². The highest BCUT2D eigenvalue weighted by Gasteiger charge is 2.20. The zero-order valence-corrected chi connectivity index (χ0v) is 10.1. The summed E-state index contributed by atoms with van der Waals surface area (Å²) in [7, 11) is 0. The largest absolute Gasteiger partial charge is 0.297 e. The molecule has 74 valence electrons. The summed E-state index contributed by atoms with van der Waals surface area (Å²) >= 11 is 2.24. The maximum Gasteiger partial charge on any atom is 0.225 e. The van der Waals surface area contributed by atoms with E-state index >= 15 is 0 Å². The average molecular weight is 302 g/mol. The molecule has 0 atom stereocenters. The van der Waals surface area contributed by atoms with Crippen molar-refractivity contribution in [2.45, 2.75) is 19.8 Å². The number of rotatable bonds is 0. The predicted octanol–water partition coefficient (Wildman–Crippen LogP) is 1.99. The molecule has 1 aliphatic rings. The summed E-state index contributed by atoms with van der Waals surface area (Å²) in [5.41, 5.74) is 1.19. The molecular weight excluding hydrogens is 291 g/mol. The van der Waals surface area contributed by atoms with Crippen LogP contribution >= 0.6 is 22.6 Å². The van der Waals surface area contributed by atoms with Gasteiger partial charge in [0.05, 0.1) is 0 Å². The monoisotopic (exact) mass is 302 g/mol. The SMILES string of the molecule is CC(=O)N1CCCc2cc(I)cnc21. The zero-order chi connectivity index (χ0) is 10.1. The fraction of sp³-hybridized carbons (Fsp3) is 0.400. The Kier molecular flexibility index (Phi) is 2.71. The van der Waals surface area contributed by atoms with Crippen molar-refractivity contribution >= 4 is 34.3 Å². The average Bonchev–Trinajstić information content (AvgIpc) is 2.16. The first kappa shape index (κ1) is 9.89. The van der Waals surface area contributed by atoms with Gasteiger partial charge >= 0.3 is 0 Å². The lowest BCUT2D eigenvalue weighted by molar-refractivity contribution is -0.116. The molecule has 0 aliphatic carbocycles. The minimum atomic E-state index is 0.0830. The summed E-state index contributed by atoms with van der Waals surface area (Å²) in [6, 6.07) is 2.11. The van der Waals surface area contributed by atoms with Crippen LogP contribution in [-0.4, -0.2) is 17.4 Å². The third kappa shape index (κ3) is 1.75. The van der Waals surface area contributed by atoms with E-state index < -0.39 is 0 Å². The number of carbonyl (C=O) groups is 1. The molecule has 0 spiro atoms. The molecule has 1 aromatic heterocycles. The van der Waals surface area contributed by atoms with Gasteiger partial charge in [-0.05, 0) is 47.1 Å². The predicted molar refractivity (Wildman–Crippen MR) is 63.3 cm³/mol. The zero-order valence-electron chi connectivity index (χ0n) is 7.96. The molecule has 0 fully saturated rings. The maximum atomic E-state index is 11.3. The van der Waals surface area contributed by atoms with Gasteiger partial charge in [0.1, 0.15) is 5.82 Å². The molecule has 0 bridgehead atoms. The van der Waals surface area contributed by atoms with Crippen LogP contribution in [0.3, 0.4) is 0 Å². The number of nitrogens with zero attached hydrogens (tertiary/aromatic N) is 2. The first-order valence-corrected chi connectivity index (χ1v) is 5.69. The van der Waals surface area contributed by atoms with E-state index in [1.807, 2.05) is 0 Å². The Morgan fingerprint density at radius 1 is 1.64 bits per heavy atom. The Morgan fingerprint density at radius 3 is 3.14 bits per heavy atom. The molecule has 14 heavy (non-hydrogen) atoms. The quantitative estimate of drug-likeness (QED) is 0.687. The molecule has 0 saturated heterocycles.